The summed E-state index contributed by atoms with van der Waals surface area (Å²) in [5.41, 5.74) is 3.64. The normalized spacial score (nSPS) is 19.4. The number of hydrazone groups is 1. The van der Waals surface area contributed by atoms with E-state index in [9.17, 15) is 9.59 Å². The van der Waals surface area contributed by atoms with E-state index in [-0.39, 0.29) is 5.92 Å². The lowest BCUT2D eigenvalue weighted by Gasteiger charge is -2.27. The van der Waals surface area contributed by atoms with Gasteiger partial charge in [-0.25, -0.2) is 9.80 Å². The predicted molar refractivity (Wildman–Crippen MR) is 146 cm³/mol. The zero-order valence-electron chi connectivity index (χ0n) is 21.2. The van der Waals surface area contributed by atoms with E-state index >= 15 is 0 Å². The van der Waals surface area contributed by atoms with Crippen molar-refractivity contribution in [1.82, 2.24) is 5.01 Å². The van der Waals surface area contributed by atoms with Gasteiger partial charge in [-0.05, 0) is 79.4 Å². The van der Waals surface area contributed by atoms with E-state index in [1.54, 1.807) is 36.8 Å². The summed E-state index contributed by atoms with van der Waals surface area (Å²) in [6, 6.07) is 23.6. The van der Waals surface area contributed by atoms with Crippen LogP contribution in [-0.4, -0.2) is 29.2 Å². The van der Waals surface area contributed by atoms with Gasteiger partial charge in [-0.2, -0.15) is 5.10 Å². The largest absolute Gasteiger partial charge is 0.467 e. The second-order valence-corrected chi connectivity index (χ2v) is 9.48. The average molecular weight is 522 g/mol. The lowest BCUT2D eigenvalue weighted by atomic mass is 9.79. The number of nitrogens with zero attached hydrogens (tertiary/aromatic N) is 2. The minimum absolute atomic E-state index is 0.0263. The van der Waals surface area contributed by atoms with Gasteiger partial charge in [-0.3, -0.25) is 4.79 Å². The van der Waals surface area contributed by atoms with Gasteiger partial charge in [0.2, 0.25) is 0 Å². The van der Waals surface area contributed by atoms with Crippen molar-refractivity contribution in [3.8, 4) is 0 Å². The van der Waals surface area contributed by atoms with E-state index in [4.69, 9.17) is 18.7 Å². The SMILES string of the molecule is O=C(OCC(=O)N1N=C2C(=Cc3ccco3)CCCC2C1c1ccco1)c1ccccc1Nc1ccccc1. The molecule has 1 fully saturated rings. The van der Waals surface area contributed by atoms with Gasteiger partial charge in [0.25, 0.3) is 5.91 Å². The Kier molecular flexibility index (Phi) is 6.82. The summed E-state index contributed by atoms with van der Waals surface area (Å²) in [5, 5.41) is 9.41. The number of rotatable bonds is 7. The molecule has 196 valence electrons. The summed E-state index contributed by atoms with van der Waals surface area (Å²) in [6.07, 6.45) is 7.86. The predicted octanol–water partition coefficient (Wildman–Crippen LogP) is 6.60. The third-order valence-corrected chi connectivity index (χ3v) is 6.98. The molecule has 2 aromatic carbocycles. The lowest BCUT2D eigenvalue weighted by molar-refractivity contribution is -0.137. The highest BCUT2D eigenvalue weighted by atomic mass is 16.5. The van der Waals surface area contributed by atoms with Crippen LogP contribution in [-0.2, 0) is 9.53 Å². The van der Waals surface area contributed by atoms with Crippen LogP contribution in [0.1, 0.15) is 47.2 Å². The molecule has 0 spiro atoms. The van der Waals surface area contributed by atoms with Crippen LogP contribution >= 0.6 is 0 Å². The molecule has 2 aromatic heterocycles. The number of benzene rings is 2. The molecule has 1 aliphatic heterocycles. The van der Waals surface area contributed by atoms with E-state index in [0.29, 0.717) is 17.0 Å². The maximum atomic E-state index is 13.5. The van der Waals surface area contributed by atoms with Gasteiger partial charge in [-0.1, -0.05) is 30.3 Å². The van der Waals surface area contributed by atoms with Crippen LogP contribution in [0, 0.1) is 5.92 Å². The van der Waals surface area contributed by atoms with Crippen LogP contribution in [0.15, 0.2) is 111 Å². The Morgan fingerprint density at radius 3 is 2.56 bits per heavy atom. The van der Waals surface area contributed by atoms with E-state index in [0.717, 1.165) is 42.0 Å². The Labute approximate surface area is 225 Å². The molecular weight excluding hydrogens is 494 g/mol. The molecule has 6 rings (SSSR count). The van der Waals surface area contributed by atoms with Crippen LogP contribution in [0.3, 0.4) is 0 Å². The second kappa shape index (κ2) is 10.9. The summed E-state index contributed by atoms with van der Waals surface area (Å²) < 4.78 is 16.8. The molecule has 1 aliphatic carbocycles. The molecule has 8 heteroatoms. The molecule has 8 nitrogen and oxygen atoms in total. The van der Waals surface area contributed by atoms with Gasteiger partial charge in [0.15, 0.2) is 6.61 Å². The maximum Gasteiger partial charge on any atom is 0.340 e. The molecule has 0 bridgehead atoms. The van der Waals surface area contributed by atoms with Gasteiger partial charge >= 0.3 is 5.97 Å². The fourth-order valence-electron chi connectivity index (χ4n) is 5.21. The molecule has 3 heterocycles. The Morgan fingerprint density at radius 2 is 1.77 bits per heavy atom. The minimum Gasteiger partial charge on any atom is -0.467 e. The Hall–Kier alpha value is -4.85. The topological polar surface area (TPSA) is 97.3 Å². The van der Waals surface area contributed by atoms with E-state index in [1.807, 2.05) is 60.7 Å². The highest BCUT2D eigenvalue weighted by Crippen LogP contribution is 2.44. The van der Waals surface area contributed by atoms with Crippen LogP contribution in [0.5, 0.6) is 0 Å². The number of carbonyl (C=O) groups is 2. The minimum atomic E-state index is -0.598. The van der Waals surface area contributed by atoms with Crippen molar-refractivity contribution in [1.29, 1.82) is 0 Å². The molecule has 0 radical (unpaired) electrons. The molecule has 1 amide bonds. The number of hydrogen-bond donors (Lipinski definition) is 1. The second-order valence-electron chi connectivity index (χ2n) is 9.48. The summed E-state index contributed by atoms with van der Waals surface area (Å²) in [7, 11) is 0. The van der Waals surface area contributed by atoms with E-state index in [2.05, 4.69) is 5.32 Å². The molecule has 1 saturated carbocycles. The Bertz CT molecular complexity index is 1510. The quantitative estimate of drug-likeness (QED) is 0.275. The van der Waals surface area contributed by atoms with Gasteiger partial charge in [0.1, 0.15) is 17.6 Å². The standard InChI is InChI=1S/C31H27N3O5/c35-28(20-39-31(36)24-13-4-5-15-26(24)32-22-10-2-1-3-11-22)34-30(27-16-8-18-38-27)25-14-6-9-21(29(25)33-34)19-23-12-7-17-37-23/h1-5,7-8,10-13,15-19,25,30,32H,6,9,14,20H2. The number of esters is 1. The van der Waals surface area contributed by atoms with Crippen molar-refractivity contribution in [3.63, 3.8) is 0 Å². The average Bonchev–Trinajstić information content (AvgIpc) is 3.74. The van der Waals surface area contributed by atoms with Crippen LogP contribution < -0.4 is 5.32 Å². The third-order valence-electron chi connectivity index (χ3n) is 6.98. The smallest absolute Gasteiger partial charge is 0.340 e. The first kappa shape index (κ1) is 24.5. The molecule has 0 saturated heterocycles. The number of nitrogens with one attached hydrogen (secondary N) is 1. The first-order chi connectivity index (χ1) is 19.2. The monoisotopic (exact) mass is 521 g/mol. The number of furan rings is 2. The fourth-order valence-corrected chi connectivity index (χ4v) is 5.21. The number of carbonyl (C=O) groups excluding carboxylic acids is 2. The van der Waals surface area contributed by atoms with Gasteiger partial charge in [0, 0.05) is 11.6 Å². The van der Waals surface area contributed by atoms with Gasteiger partial charge in [0.05, 0.1) is 29.5 Å². The van der Waals surface area contributed by atoms with E-state index in [1.165, 1.54) is 5.01 Å². The van der Waals surface area contributed by atoms with E-state index < -0.39 is 24.5 Å². The summed E-state index contributed by atoms with van der Waals surface area (Å²) in [4.78, 5) is 26.5. The fraction of sp³-hybridized carbons (Fsp3) is 0.194. The molecule has 2 unspecified atom stereocenters. The molecule has 2 aliphatic rings. The van der Waals surface area contributed by atoms with Crippen molar-refractivity contribution in [2.24, 2.45) is 11.0 Å². The van der Waals surface area contributed by atoms with Crippen molar-refractivity contribution >= 4 is 35.0 Å². The highest BCUT2D eigenvalue weighted by Gasteiger charge is 2.45. The zero-order valence-corrected chi connectivity index (χ0v) is 21.2. The number of allylic oxidation sites excluding steroid dienone is 1. The molecule has 2 atom stereocenters. The van der Waals surface area contributed by atoms with Crippen molar-refractivity contribution < 1.29 is 23.2 Å². The molecule has 4 aromatic rings. The summed E-state index contributed by atoms with van der Waals surface area (Å²) in [6.45, 7) is -0.448. The van der Waals surface area contributed by atoms with Crippen LogP contribution in [0.2, 0.25) is 0 Å². The molecule has 39 heavy (non-hydrogen) atoms. The zero-order chi connectivity index (χ0) is 26.6. The van der Waals surface area contributed by atoms with Crippen LogP contribution in [0.4, 0.5) is 11.4 Å². The summed E-state index contributed by atoms with van der Waals surface area (Å²) in [5.74, 6) is 0.345. The van der Waals surface area contributed by atoms with Gasteiger partial charge in [-0.15, -0.1) is 0 Å². The first-order valence-electron chi connectivity index (χ1n) is 12.9. The number of fused-ring (bicyclic) bond motifs is 1. The number of ether oxygens (including phenoxy) is 1. The Morgan fingerprint density at radius 1 is 0.974 bits per heavy atom. The summed E-state index contributed by atoms with van der Waals surface area (Å²) >= 11 is 0. The van der Waals surface area contributed by atoms with Crippen molar-refractivity contribution in [2.75, 3.05) is 11.9 Å². The number of anilines is 2. The first-order valence-corrected chi connectivity index (χ1v) is 12.9. The molecule has 1 N–H and O–H groups in total. The number of hydrogen-bond acceptors (Lipinski definition) is 7. The van der Waals surface area contributed by atoms with Crippen LogP contribution in [0.25, 0.3) is 6.08 Å². The van der Waals surface area contributed by atoms with Crippen molar-refractivity contribution in [2.45, 2.75) is 25.3 Å². The lowest BCUT2D eigenvalue weighted by Crippen LogP contribution is -2.34. The van der Waals surface area contributed by atoms with Crippen molar-refractivity contribution in [3.05, 3.63) is 114 Å². The number of para-hydroxylation sites is 2. The maximum absolute atomic E-state index is 13.5. The Balaban J connectivity index is 1.22. The van der Waals surface area contributed by atoms with Gasteiger partial charge < -0.3 is 18.9 Å². The molecular formula is C31H27N3O5. The highest BCUT2D eigenvalue weighted by molar-refractivity contribution is 6.08. The number of amides is 1. The third kappa shape index (κ3) is 5.13.